The van der Waals surface area contributed by atoms with E-state index in [-0.39, 0.29) is 11.8 Å². The number of pyridine rings is 1. The van der Waals surface area contributed by atoms with Gasteiger partial charge in [0.2, 0.25) is 5.91 Å². The summed E-state index contributed by atoms with van der Waals surface area (Å²) in [6, 6.07) is 7.11. The first kappa shape index (κ1) is 18.9. The van der Waals surface area contributed by atoms with Crippen LogP contribution in [-0.2, 0) is 11.5 Å². The maximum absolute atomic E-state index is 12.4. The van der Waals surface area contributed by atoms with Gasteiger partial charge in [0.1, 0.15) is 12.5 Å². The number of thiophene rings is 1. The third-order valence-electron chi connectivity index (χ3n) is 4.61. The van der Waals surface area contributed by atoms with Crippen molar-refractivity contribution in [2.45, 2.75) is 19.5 Å². The molecular formula is C18H18ClN5O3S. The van der Waals surface area contributed by atoms with Crippen molar-refractivity contribution < 1.29 is 9.21 Å². The van der Waals surface area contributed by atoms with Gasteiger partial charge in [-0.2, -0.15) is 4.68 Å². The van der Waals surface area contributed by atoms with Crippen LogP contribution in [0.5, 0.6) is 0 Å². The fourth-order valence-electron chi connectivity index (χ4n) is 3.10. The minimum absolute atomic E-state index is 0.0481. The number of amides is 1. The highest BCUT2D eigenvalue weighted by molar-refractivity contribution is 7.13. The smallest absolute Gasteiger partial charge is 0.387 e. The van der Waals surface area contributed by atoms with E-state index >= 15 is 0 Å². The lowest BCUT2D eigenvalue weighted by molar-refractivity contribution is -0.121. The number of halogens is 1. The fourth-order valence-corrected chi connectivity index (χ4v) is 3.86. The minimum atomic E-state index is -0.475. The third kappa shape index (κ3) is 4.32. The third-order valence-corrected chi connectivity index (χ3v) is 5.69. The predicted molar refractivity (Wildman–Crippen MR) is 106 cm³/mol. The molecule has 1 saturated heterocycles. The first-order valence-electron chi connectivity index (χ1n) is 8.85. The molecular weight excluding hydrogens is 402 g/mol. The molecule has 0 spiro atoms. The Morgan fingerprint density at radius 1 is 1.32 bits per heavy atom. The average Bonchev–Trinajstić information content (AvgIpc) is 3.35. The number of likely N-dealkylation sites (tertiary alicyclic amines) is 1. The van der Waals surface area contributed by atoms with Crippen molar-refractivity contribution in [3.8, 4) is 10.8 Å². The number of aromatic nitrogens is 3. The van der Waals surface area contributed by atoms with Gasteiger partial charge in [0.15, 0.2) is 0 Å². The maximum Gasteiger partial charge on any atom is 0.438 e. The van der Waals surface area contributed by atoms with Crippen molar-refractivity contribution in [1.29, 1.82) is 0 Å². The van der Waals surface area contributed by atoms with Gasteiger partial charge >= 0.3 is 5.76 Å². The van der Waals surface area contributed by atoms with Gasteiger partial charge < -0.3 is 9.73 Å². The zero-order chi connectivity index (χ0) is 19.5. The Labute approximate surface area is 169 Å². The van der Waals surface area contributed by atoms with Crippen LogP contribution in [0.25, 0.3) is 10.8 Å². The normalized spacial score (nSPS) is 15.6. The van der Waals surface area contributed by atoms with Gasteiger partial charge in [0.05, 0.1) is 9.90 Å². The number of nitrogens with zero attached hydrogens (tertiary/aromatic N) is 4. The number of carbonyl (C=O) groups excluding carboxylic acids is 1. The molecule has 1 aliphatic rings. The molecule has 1 N–H and O–H groups in total. The van der Waals surface area contributed by atoms with Crippen LogP contribution in [0.3, 0.4) is 0 Å². The summed E-state index contributed by atoms with van der Waals surface area (Å²) in [4.78, 5) is 31.5. The SMILES string of the molecule is O=C(Nc1ccc(Cl)cn1)C1CCN(Cn2nc(-c3cccs3)oc2=O)CC1. The predicted octanol–water partition coefficient (Wildman–Crippen LogP) is 2.92. The van der Waals surface area contributed by atoms with Gasteiger partial charge in [0.25, 0.3) is 5.89 Å². The van der Waals surface area contributed by atoms with Crippen LogP contribution in [0, 0.1) is 5.92 Å². The molecule has 4 heterocycles. The summed E-state index contributed by atoms with van der Waals surface area (Å²) in [7, 11) is 0. The van der Waals surface area contributed by atoms with Crippen molar-refractivity contribution >= 4 is 34.7 Å². The molecule has 1 fully saturated rings. The van der Waals surface area contributed by atoms with Gasteiger partial charge in [-0.25, -0.2) is 9.78 Å². The van der Waals surface area contributed by atoms with E-state index in [1.165, 1.54) is 22.2 Å². The molecule has 10 heteroatoms. The van der Waals surface area contributed by atoms with Crippen LogP contribution in [0.2, 0.25) is 5.02 Å². The van der Waals surface area contributed by atoms with E-state index in [0.717, 1.165) is 4.88 Å². The summed E-state index contributed by atoms with van der Waals surface area (Å²) in [5.41, 5.74) is 0. The highest BCUT2D eigenvalue weighted by Crippen LogP contribution is 2.22. The standard InChI is InChI=1S/C18H18ClN5O3S/c19-13-3-4-15(20-10-13)21-16(25)12-5-7-23(8-6-12)11-24-18(26)27-17(22-24)14-2-1-9-28-14/h1-4,9-10,12H,5-8,11H2,(H,20,21,25). The molecule has 3 aromatic heterocycles. The van der Waals surface area contributed by atoms with Crippen molar-refractivity contribution in [3.05, 3.63) is 51.4 Å². The molecule has 28 heavy (non-hydrogen) atoms. The van der Waals surface area contributed by atoms with Crippen LogP contribution in [0.1, 0.15) is 12.8 Å². The highest BCUT2D eigenvalue weighted by Gasteiger charge is 2.26. The number of hydrogen-bond donors (Lipinski definition) is 1. The highest BCUT2D eigenvalue weighted by atomic mass is 35.5. The maximum atomic E-state index is 12.4. The molecule has 0 aliphatic carbocycles. The molecule has 0 atom stereocenters. The van der Waals surface area contributed by atoms with E-state index < -0.39 is 5.76 Å². The summed E-state index contributed by atoms with van der Waals surface area (Å²) < 4.78 is 6.56. The zero-order valence-corrected chi connectivity index (χ0v) is 16.4. The van der Waals surface area contributed by atoms with Gasteiger partial charge in [-0.05, 0) is 36.4 Å². The van der Waals surface area contributed by atoms with Crippen LogP contribution < -0.4 is 11.1 Å². The monoisotopic (exact) mass is 419 g/mol. The lowest BCUT2D eigenvalue weighted by Crippen LogP contribution is -2.40. The molecule has 1 amide bonds. The van der Waals surface area contributed by atoms with E-state index in [4.69, 9.17) is 16.0 Å². The Hall–Kier alpha value is -2.49. The van der Waals surface area contributed by atoms with E-state index in [9.17, 15) is 9.59 Å². The second-order valence-corrected chi connectivity index (χ2v) is 7.92. The molecule has 0 saturated carbocycles. The summed E-state index contributed by atoms with van der Waals surface area (Å²) in [6.07, 6.45) is 2.90. The van der Waals surface area contributed by atoms with E-state index in [1.807, 2.05) is 17.5 Å². The van der Waals surface area contributed by atoms with Crippen LogP contribution >= 0.6 is 22.9 Å². The number of carbonyl (C=O) groups is 1. The summed E-state index contributed by atoms with van der Waals surface area (Å²) in [6.45, 7) is 1.74. The summed E-state index contributed by atoms with van der Waals surface area (Å²) >= 11 is 7.27. The number of anilines is 1. The Bertz CT molecular complexity index is 991. The molecule has 1 aliphatic heterocycles. The first-order valence-corrected chi connectivity index (χ1v) is 10.1. The van der Waals surface area contributed by atoms with Crippen LogP contribution in [0.15, 0.2) is 45.1 Å². The molecule has 0 radical (unpaired) electrons. The topological polar surface area (TPSA) is 93.3 Å². The second kappa shape index (κ2) is 8.26. The second-order valence-electron chi connectivity index (χ2n) is 6.53. The lowest BCUT2D eigenvalue weighted by atomic mass is 9.96. The van der Waals surface area contributed by atoms with Crippen molar-refractivity contribution in [2.24, 2.45) is 5.92 Å². The average molecular weight is 420 g/mol. The fraction of sp³-hybridized carbons (Fsp3) is 0.333. The van der Waals surface area contributed by atoms with E-state index in [1.54, 1.807) is 12.1 Å². The molecule has 146 valence electrons. The van der Waals surface area contributed by atoms with E-state index in [0.29, 0.717) is 49.3 Å². The van der Waals surface area contributed by atoms with Crippen molar-refractivity contribution in [3.63, 3.8) is 0 Å². The number of hydrogen-bond acceptors (Lipinski definition) is 7. The van der Waals surface area contributed by atoms with Crippen LogP contribution in [0.4, 0.5) is 5.82 Å². The quantitative estimate of drug-likeness (QED) is 0.683. The number of piperidine rings is 1. The van der Waals surface area contributed by atoms with Crippen molar-refractivity contribution in [2.75, 3.05) is 18.4 Å². The Morgan fingerprint density at radius 3 is 2.82 bits per heavy atom. The summed E-state index contributed by atoms with van der Waals surface area (Å²) in [5.74, 6) is 0.214. The lowest BCUT2D eigenvalue weighted by Gasteiger charge is -2.30. The molecule has 0 aromatic carbocycles. The van der Waals surface area contributed by atoms with Crippen LogP contribution in [-0.4, -0.2) is 38.7 Å². The minimum Gasteiger partial charge on any atom is -0.387 e. The van der Waals surface area contributed by atoms with Gasteiger partial charge in [0, 0.05) is 25.2 Å². The van der Waals surface area contributed by atoms with Gasteiger partial charge in [-0.15, -0.1) is 16.4 Å². The number of rotatable bonds is 5. The number of nitrogens with one attached hydrogen (secondary N) is 1. The Morgan fingerprint density at radius 2 is 2.14 bits per heavy atom. The molecule has 8 nitrogen and oxygen atoms in total. The summed E-state index contributed by atoms with van der Waals surface area (Å²) in [5, 5.41) is 9.53. The molecule has 4 rings (SSSR count). The molecule has 3 aromatic rings. The van der Waals surface area contributed by atoms with Gasteiger partial charge in [-0.3, -0.25) is 9.69 Å². The largest absolute Gasteiger partial charge is 0.438 e. The van der Waals surface area contributed by atoms with Gasteiger partial charge in [-0.1, -0.05) is 17.7 Å². The van der Waals surface area contributed by atoms with Crippen molar-refractivity contribution in [1.82, 2.24) is 19.7 Å². The first-order chi connectivity index (χ1) is 13.6. The van der Waals surface area contributed by atoms with E-state index in [2.05, 4.69) is 20.3 Å². The Kier molecular flexibility index (Phi) is 5.56. The Balaban J connectivity index is 1.31. The zero-order valence-electron chi connectivity index (χ0n) is 14.9. The molecule has 0 unspecified atom stereocenters. The molecule has 0 bridgehead atoms.